The van der Waals surface area contributed by atoms with Crippen LogP contribution in [0.25, 0.3) is 0 Å². The number of ether oxygens (including phenoxy) is 1. The van der Waals surface area contributed by atoms with Crippen LogP contribution in [0.4, 0.5) is 13.2 Å². The lowest BCUT2D eigenvalue weighted by atomic mass is 9.73. The highest BCUT2D eigenvalue weighted by molar-refractivity contribution is 7.99. The molecule has 0 spiro atoms. The highest BCUT2D eigenvalue weighted by Gasteiger charge is 2.47. The number of unbranched alkanes of at least 4 members (excludes halogenated alkanes) is 7. The van der Waals surface area contributed by atoms with Gasteiger partial charge in [0.1, 0.15) is 0 Å². The smallest absolute Gasteiger partial charge is 0.378 e. The molecule has 0 amide bonds. The summed E-state index contributed by atoms with van der Waals surface area (Å²) in [5.74, 6) is 13.0. The minimum absolute atomic E-state index is 0.123. The highest BCUT2D eigenvalue weighted by atomic mass is 32.2. The molecule has 3 rings (SSSR count). The van der Waals surface area contributed by atoms with E-state index in [9.17, 15) is 13.2 Å². The predicted octanol–water partition coefficient (Wildman–Crippen LogP) is 11.0. The lowest BCUT2D eigenvalue weighted by Gasteiger charge is -2.33. The first kappa shape index (κ1) is 34.7. The Balaban J connectivity index is 1.38. The molecule has 0 bridgehead atoms. The average molecular weight is 595 g/mol. The van der Waals surface area contributed by atoms with E-state index in [4.69, 9.17) is 4.74 Å². The van der Waals surface area contributed by atoms with Crippen LogP contribution in [0.1, 0.15) is 142 Å². The van der Waals surface area contributed by atoms with Gasteiger partial charge in [-0.25, -0.2) is 0 Å². The van der Waals surface area contributed by atoms with Gasteiger partial charge in [-0.15, -0.1) is 0 Å². The second kappa shape index (κ2) is 19.5. The van der Waals surface area contributed by atoms with Crippen molar-refractivity contribution >= 4 is 11.8 Å². The number of hydrogen-bond acceptors (Lipinski definition) is 2. The highest BCUT2D eigenvalue weighted by Crippen LogP contribution is 2.43. The van der Waals surface area contributed by atoms with Crippen LogP contribution in [-0.4, -0.2) is 29.9 Å². The summed E-state index contributed by atoms with van der Waals surface area (Å²) < 4.78 is 48.2. The zero-order valence-corrected chi connectivity index (χ0v) is 26.9. The van der Waals surface area contributed by atoms with E-state index in [-0.39, 0.29) is 18.3 Å². The third-order valence-electron chi connectivity index (χ3n) is 9.54. The quantitative estimate of drug-likeness (QED) is 0.155. The molecule has 3 aliphatic rings. The van der Waals surface area contributed by atoms with Crippen LogP contribution in [0.2, 0.25) is 0 Å². The fourth-order valence-electron chi connectivity index (χ4n) is 6.78. The van der Waals surface area contributed by atoms with E-state index in [0.717, 1.165) is 63.2 Å². The molecule has 234 valence electrons. The van der Waals surface area contributed by atoms with E-state index in [2.05, 4.69) is 49.3 Å². The lowest BCUT2D eigenvalue weighted by molar-refractivity contribution is -0.192. The van der Waals surface area contributed by atoms with Gasteiger partial charge in [0.25, 0.3) is 0 Å². The van der Waals surface area contributed by atoms with Crippen molar-refractivity contribution in [3.05, 3.63) is 0 Å². The van der Waals surface area contributed by atoms with Crippen molar-refractivity contribution in [3.63, 3.8) is 0 Å². The van der Waals surface area contributed by atoms with Gasteiger partial charge in [-0.2, -0.15) is 24.9 Å². The maximum absolute atomic E-state index is 14.1. The van der Waals surface area contributed by atoms with Crippen molar-refractivity contribution in [1.29, 1.82) is 0 Å². The molecular formula is C36H57F3OS. The molecule has 0 saturated heterocycles. The predicted molar refractivity (Wildman–Crippen MR) is 169 cm³/mol. The fraction of sp³-hybridized carbons (Fsp3) is 0.889. The molecule has 41 heavy (non-hydrogen) atoms. The van der Waals surface area contributed by atoms with Gasteiger partial charge >= 0.3 is 6.18 Å². The molecule has 0 aromatic carbocycles. The molecule has 3 saturated carbocycles. The van der Waals surface area contributed by atoms with Crippen LogP contribution in [0, 0.1) is 53.3 Å². The number of alkyl halides is 3. The van der Waals surface area contributed by atoms with E-state index in [1.165, 1.54) is 70.0 Å². The van der Waals surface area contributed by atoms with Crippen molar-refractivity contribution in [2.45, 2.75) is 160 Å². The lowest BCUT2D eigenvalue weighted by Crippen LogP contribution is -2.35. The monoisotopic (exact) mass is 594 g/mol. The first-order valence-corrected chi connectivity index (χ1v) is 18.3. The third-order valence-corrected chi connectivity index (χ3v) is 11.0. The number of rotatable bonds is 13. The standard InChI is InChI=1S/C36H57F3OS/c1-3-5-7-9-11-27-41-34-24-18-29(19-25-34)12-13-31-15-21-32(35(28-31)36(37,38)39)20-14-30-16-22-33(23-17-30)40-26-10-8-6-4-2/h29-35H,3-11,15-19,21-28H2,1-2H3. The summed E-state index contributed by atoms with van der Waals surface area (Å²) in [4.78, 5) is 0. The molecule has 0 N–H and O–H groups in total. The van der Waals surface area contributed by atoms with E-state index < -0.39 is 18.0 Å². The summed E-state index contributed by atoms with van der Waals surface area (Å²) >= 11 is 2.13. The van der Waals surface area contributed by atoms with Crippen molar-refractivity contribution in [2.75, 3.05) is 12.4 Å². The molecule has 3 atom stereocenters. The van der Waals surface area contributed by atoms with Gasteiger partial charge in [-0.05, 0) is 89.2 Å². The molecule has 0 aromatic rings. The van der Waals surface area contributed by atoms with Gasteiger partial charge in [-0.1, -0.05) is 82.5 Å². The average Bonchev–Trinajstić information content (AvgIpc) is 2.97. The van der Waals surface area contributed by atoms with Gasteiger partial charge in [0.05, 0.1) is 12.0 Å². The summed E-state index contributed by atoms with van der Waals surface area (Å²) in [7, 11) is 0. The molecule has 3 fully saturated rings. The molecule has 1 nitrogen and oxygen atoms in total. The minimum atomic E-state index is -4.20. The minimum Gasteiger partial charge on any atom is -0.378 e. The first-order valence-electron chi connectivity index (χ1n) is 17.2. The number of halogens is 3. The molecule has 0 radical (unpaired) electrons. The Morgan fingerprint density at radius 3 is 1.85 bits per heavy atom. The zero-order chi connectivity index (χ0) is 29.3. The normalized spacial score (nSPS) is 30.6. The van der Waals surface area contributed by atoms with Gasteiger partial charge in [0, 0.05) is 35.5 Å². The molecule has 0 heterocycles. The Morgan fingerprint density at radius 1 is 0.634 bits per heavy atom. The first-order chi connectivity index (χ1) is 19.9. The molecular weight excluding hydrogens is 537 g/mol. The Labute approximate surface area is 254 Å². The van der Waals surface area contributed by atoms with Crippen molar-refractivity contribution < 1.29 is 17.9 Å². The SMILES string of the molecule is CCCCCCCSC1CCC(C#CC2CCC(C#CC3CCC(OCCCCCC)CC3)C(C(F)(F)F)C2)CC1. The van der Waals surface area contributed by atoms with Gasteiger partial charge in [-0.3, -0.25) is 0 Å². The van der Waals surface area contributed by atoms with Gasteiger partial charge in [0.15, 0.2) is 0 Å². The largest absolute Gasteiger partial charge is 0.393 e. The fourth-order valence-corrected chi connectivity index (χ4v) is 8.09. The Kier molecular flexibility index (Phi) is 16.5. The molecule has 3 aliphatic carbocycles. The third kappa shape index (κ3) is 13.6. The second-order valence-electron chi connectivity index (χ2n) is 13.0. The van der Waals surface area contributed by atoms with Crippen LogP contribution in [-0.2, 0) is 4.74 Å². The van der Waals surface area contributed by atoms with Crippen molar-refractivity contribution in [2.24, 2.45) is 29.6 Å². The van der Waals surface area contributed by atoms with E-state index in [1.54, 1.807) is 0 Å². The van der Waals surface area contributed by atoms with E-state index in [1.807, 2.05) is 0 Å². The van der Waals surface area contributed by atoms with Crippen LogP contribution >= 0.6 is 11.8 Å². The summed E-state index contributed by atoms with van der Waals surface area (Å²) in [6.45, 7) is 5.30. The van der Waals surface area contributed by atoms with E-state index in [0.29, 0.717) is 18.4 Å². The summed E-state index contributed by atoms with van der Waals surface area (Å²) in [6.07, 6.45) is 17.5. The maximum Gasteiger partial charge on any atom is 0.393 e. The summed E-state index contributed by atoms with van der Waals surface area (Å²) in [6, 6.07) is 0. The molecule has 5 heteroatoms. The number of thioether (sulfide) groups is 1. The maximum atomic E-state index is 14.1. The zero-order valence-electron chi connectivity index (χ0n) is 26.0. The Hall–Kier alpha value is -0.780. The van der Waals surface area contributed by atoms with E-state index >= 15 is 0 Å². The van der Waals surface area contributed by atoms with Crippen molar-refractivity contribution in [1.82, 2.24) is 0 Å². The Morgan fingerprint density at radius 2 is 1.20 bits per heavy atom. The van der Waals surface area contributed by atoms with Crippen LogP contribution in [0.5, 0.6) is 0 Å². The molecule has 3 unspecified atom stereocenters. The molecule has 0 aromatic heterocycles. The van der Waals surface area contributed by atoms with Crippen LogP contribution < -0.4 is 0 Å². The topological polar surface area (TPSA) is 9.23 Å². The number of hydrogen-bond donors (Lipinski definition) is 0. The van der Waals surface area contributed by atoms with Crippen molar-refractivity contribution in [3.8, 4) is 23.7 Å². The van der Waals surface area contributed by atoms with Gasteiger partial charge < -0.3 is 4.74 Å². The summed E-state index contributed by atoms with van der Waals surface area (Å²) in [5.41, 5.74) is 0. The van der Waals surface area contributed by atoms with Crippen LogP contribution in [0.15, 0.2) is 0 Å². The van der Waals surface area contributed by atoms with Crippen LogP contribution in [0.3, 0.4) is 0 Å². The van der Waals surface area contributed by atoms with Gasteiger partial charge in [0.2, 0.25) is 0 Å². The summed E-state index contributed by atoms with van der Waals surface area (Å²) in [5, 5.41) is 0.751. The molecule has 0 aliphatic heterocycles. The second-order valence-corrected chi connectivity index (χ2v) is 14.4. The Bertz CT molecular complexity index is 818.